The van der Waals surface area contributed by atoms with E-state index in [1.165, 1.54) is 11.1 Å². The Morgan fingerprint density at radius 2 is 1.52 bits per heavy atom. The Bertz CT molecular complexity index is 964. The minimum atomic E-state index is 0.551. The number of H-pyrrole nitrogens is 1. The summed E-state index contributed by atoms with van der Waals surface area (Å²) in [5.74, 6) is 0.551. The minimum absolute atomic E-state index is 0.551. The minimum Gasteiger partial charge on any atom is -0.193 e. The number of benzene rings is 2. The molecule has 1 N–H and O–H groups in total. The highest BCUT2D eigenvalue weighted by Gasteiger charge is 2.22. The zero-order valence-corrected chi connectivity index (χ0v) is 13.9. The largest absolute Gasteiger partial charge is 0.483 e. The molecule has 0 spiro atoms. The first-order chi connectivity index (χ1) is 12.4. The monoisotopic (exact) mass is 328 g/mol. The van der Waals surface area contributed by atoms with Crippen molar-refractivity contribution < 1.29 is 4.57 Å². The molecule has 0 amide bonds. The van der Waals surface area contributed by atoms with Gasteiger partial charge in [-0.15, -0.1) is 0 Å². The van der Waals surface area contributed by atoms with E-state index in [9.17, 15) is 0 Å². The lowest BCUT2D eigenvalue weighted by Crippen LogP contribution is -2.39. The summed E-state index contributed by atoms with van der Waals surface area (Å²) < 4.78 is 2.06. The van der Waals surface area contributed by atoms with Crippen LogP contribution in [0.2, 0.25) is 0 Å². The van der Waals surface area contributed by atoms with Crippen LogP contribution < -0.4 is 4.57 Å². The van der Waals surface area contributed by atoms with E-state index in [2.05, 4.69) is 80.6 Å². The van der Waals surface area contributed by atoms with Crippen LogP contribution in [-0.4, -0.2) is 20.6 Å². The molecule has 4 rings (SSSR count). The lowest BCUT2D eigenvalue weighted by molar-refractivity contribution is -0.600. The summed E-state index contributed by atoms with van der Waals surface area (Å²) in [5, 5.41) is 14.7. The Hall–Kier alpha value is -3.34. The second-order valence-corrected chi connectivity index (χ2v) is 5.75. The van der Waals surface area contributed by atoms with Gasteiger partial charge in [0.2, 0.25) is 0 Å². The molecule has 0 bridgehead atoms. The smallest absolute Gasteiger partial charge is 0.193 e. The number of nitrogens with one attached hydrogen (secondary N) is 1. The average Bonchev–Trinajstić information content (AvgIpc) is 3.22. The van der Waals surface area contributed by atoms with Crippen LogP contribution in [0.3, 0.4) is 0 Å². The van der Waals surface area contributed by atoms with Crippen molar-refractivity contribution in [3.05, 3.63) is 78.5 Å². The number of aryl methyl sites for hydroxylation is 1. The molecule has 122 valence electrons. The molecule has 0 atom stereocenters. The van der Waals surface area contributed by atoms with Gasteiger partial charge in [-0.1, -0.05) is 72.8 Å². The molecule has 0 saturated heterocycles. The Morgan fingerprint density at radius 1 is 0.840 bits per heavy atom. The number of rotatable bonds is 4. The summed E-state index contributed by atoms with van der Waals surface area (Å²) >= 11 is 0. The molecule has 0 aliphatic heterocycles. The van der Waals surface area contributed by atoms with E-state index in [1.807, 2.05) is 24.3 Å². The van der Waals surface area contributed by atoms with Crippen molar-refractivity contribution in [2.24, 2.45) is 0 Å². The van der Waals surface area contributed by atoms with Crippen molar-refractivity contribution in [1.82, 2.24) is 20.6 Å². The first-order valence-corrected chi connectivity index (χ1v) is 8.30. The van der Waals surface area contributed by atoms with Crippen LogP contribution in [0, 0.1) is 0 Å². The molecule has 0 aliphatic rings. The first kappa shape index (κ1) is 15.2. The van der Waals surface area contributed by atoms with Crippen LogP contribution >= 0.6 is 0 Å². The van der Waals surface area contributed by atoms with Gasteiger partial charge >= 0.3 is 5.95 Å². The molecule has 2 heterocycles. The standard InChI is InChI=1S/C20H18N5/c1-2-18-13-17(15-9-5-3-6-10-15)14-19(16-11-7-4-8-12-16)25(18)20-21-23-24-22-20/h3-14H,2H2,1H3,(H,21,22,23,24)/q+1. The van der Waals surface area contributed by atoms with Gasteiger partial charge in [-0.3, -0.25) is 0 Å². The van der Waals surface area contributed by atoms with E-state index >= 15 is 0 Å². The van der Waals surface area contributed by atoms with Crippen LogP contribution in [0.25, 0.3) is 28.3 Å². The third-order valence-corrected chi connectivity index (χ3v) is 4.22. The van der Waals surface area contributed by atoms with E-state index in [1.54, 1.807) is 0 Å². The van der Waals surface area contributed by atoms with E-state index in [0.29, 0.717) is 5.95 Å². The second-order valence-electron chi connectivity index (χ2n) is 5.75. The molecule has 5 nitrogen and oxygen atoms in total. The number of aromatic amines is 1. The van der Waals surface area contributed by atoms with Gasteiger partial charge in [0.05, 0.1) is 10.8 Å². The Kier molecular flexibility index (Phi) is 4.04. The van der Waals surface area contributed by atoms with Crippen LogP contribution in [0.5, 0.6) is 0 Å². The summed E-state index contributed by atoms with van der Waals surface area (Å²) in [6.07, 6.45) is 0.856. The molecular formula is C20H18N5+. The summed E-state index contributed by atoms with van der Waals surface area (Å²) in [6, 6.07) is 25.1. The first-order valence-electron chi connectivity index (χ1n) is 8.30. The van der Waals surface area contributed by atoms with Gasteiger partial charge < -0.3 is 0 Å². The van der Waals surface area contributed by atoms with E-state index < -0.39 is 0 Å². The van der Waals surface area contributed by atoms with Crippen molar-refractivity contribution in [3.63, 3.8) is 0 Å². The highest BCUT2D eigenvalue weighted by atomic mass is 15.5. The molecule has 0 saturated carbocycles. The zero-order chi connectivity index (χ0) is 17.1. The van der Waals surface area contributed by atoms with Crippen molar-refractivity contribution >= 4 is 0 Å². The molecule has 2 aromatic heterocycles. The predicted molar refractivity (Wildman–Crippen MR) is 96.0 cm³/mol. The summed E-state index contributed by atoms with van der Waals surface area (Å²) in [4.78, 5) is 0. The molecule has 0 aliphatic carbocycles. The van der Waals surface area contributed by atoms with E-state index in [4.69, 9.17) is 0 Å². The molecule has 4 aromatic rings. The molecule has 0 fully saturated rings. The summed E-state index contributed by atoms with van der Waals surface area (Å²) in [5.41, 5.74) is 5.65. The van der Waals surface area contributed by atoms with Gasteiger partial charge in [0.1, 0.15) is 5.69 Å². The van der Waals surface area contributed by atoms with E-state index in [0.717, 1.165) is 23.4 Å². The molecular weight excluding hydrogens is 310 g/mol. The maximum atomic E-state index is 4.20. The van der Waals surface area contributed by atoms with Gasteiger partial charge in [-0.05, 0) is 29.7 Å². The number of pyridine rings is 1. The predicted octanol–water partition coefficient (Wildman–Crippen LogP) is 3.37. The van der Waals surface area contributed by atoms with Crippen LogP contribution in [0.15, 0.2) is 72.8 Å². The summed E-state index contributed by atoms with van der Waals surface area (Å²) in [6.45, 7) is 2.13. The number of aromatic nitrogens is 5. The van der Waals surface area contributed by atoms with Crippen molar-refractivity contribution in [2.75, 3.05) is 0 Å². The molecule has 0 radical (unpaired) electrons. The highest BCUT2D eigenvalue weighted by Crippen LogP contribution is 2.26. The third-order valence-electron chi connectivity index (χ3n) is 4.22. The fourth-order valence-corrected chi connectivity index (χ4v) is 3.02. The summed E-state index contributed by atoms with van der Waals surface area (Å²) in [7, 11) is 0. The molecule has 5 heteroatoms. The fourth-order valence-electron chi connectivity index (χ4n) is 3.02. The zero-order valence-electron chi connectivity index (χ0n) is 13.9. The number of nitrogens with zero attached hydrogens (tertiary/aromatic N) is 4. The maximum Gasteiger partial charge on any atom is 0.483 e. The number of hydrogen-bond acceptors (Lipinski definition) is 3. The van der Waals surface area contributed by atoms with Gasteiger partial charge in [0, 0.05) is 15.9 Å². The van der Waals surface area contributed by atoms with E-state index in [-0.39, 0.29) is 0 Å². The average molecular weight is 328 g/mol. The van der Waals surface area contributed by atoms with Crippen LogP contribution in [0.4, 0.5) is 0 Å². The number of tetrazole rings is 1. The van der Waals surface area contributed by atoms with Gasteiger partial charge in [-0.25, -0.2) is 0 Å². The Labute approximate surface area is 146 Å². The quantitative estimate of drug-likeness (QED) is 0.584. The normalized spacial score (nSPS) is 10.8. The topological polar surface area (TPSA) is 58.3 Å². The number of hydrogen-bond donors (Lipinski definition) is 1. The maximum absolute atomic E-state index is 4.20. The van der Waals surface area contributed by atoms with Gasteiger partial charge in [0.15, 0.2) is 0 Å². The van der Waals surface area contributed by atoms with Gasteiger partial charge in [0.25, 0.3) is 0 Å². The Balaban J connectivity index is 2.01. The third kappa shape index (κ3) is 2.92. The van der Waals surface area contributed by atoms with Crippen molar-refractivity contribution in [3.8, 4) is 28.3 Å². The SMILES string of the molecule is CCc1cc(-c2ccccc2)cc(-c2ccccc2)[n+]1-c1nn[nH]n1. The van der Waals surface area contributed by atoms with Gasteiger partial charge in [-0.2, -0.15) is 4.57 Å². The molecule has 0 unspecified atom stereocenters. The van der Waals surface area contributed by atoms with Crippen molar-refractivity contribution in [2.45, 2.75) is 13.3 Å². The highest BCUT2D eigenvalue weighted by molar-refractivity contribution is 5.69. The van der Waals surface area contributed by atoms with Crippen LogP contribution in [0.1, 0.15) is 12.6 Å². The lowest BCUT2D eigenvalue weighted by Gasteiger charge is -2.13. The molecule has 25 heavy (non-hydrogen) atoms. The van der Waals surface area contributed by atoms with Crippen LogP contribution in [-0.2, 0) is 6.42 Å². The Morgan fingerprint density at radius 3 is 2.12 bits per heavy atom. The lowest BCUT2D eigenvalue weighted by atomic mass is 10.0. The second kappa shape index (κ2) is 6.65. The fraction of sp³-hybridized carbons (Fsp3) is 0.100. The molecule has 2 aromatic carbocycles. The van der Waals surface area contributed by atoms with Crippen molar-refractivity contribution in [1.29, 1.82) is 0 Å².